The van der Waals surface area contributed by atoms with Gasteiger partial charge in [-0.1, -0.05) is 0 Å². The molecular formula is C14H19N5O2. The molecule has 0 aromatic carbocycles. The van der Waals surface area contributed by atoms with Crippen LogP contribution >= 0.6 is 0 Å². The van der Waals surface area contributed by atoms with Crippen LogP contribution in [-0.4, -0.2) is 33.0 Å². The van der Waals surface area contributed by atoms with Crippen molar-refractivity contribution in [1.29, 1.82) is 0 Å². The van der Waals surface area contributed by atoms with Crippen LogP contribution in [0.2, 0.25) is 0 Å². The number of rotatable bonds is 2. The molecule has 0 saturated carbocycles. The molecule has 0 bridgehead atoms. The minimum Gasteiger partial charge on any atom is -0.481 e. The van der Waals surface area contributed by atoms with Gasteiger partial charge in [-0.2, -0.15) is 0 Å². The van der Waals surface area contributed by atoms with E-state index < -0.39 is 0 Å². The summed E-state index contributed by atoms with van der Waals surface area (Å²) in [4.78, 5) is 22.8. The van der Waals surface area contributed by atoms with Crippen molar-refractivity contribution >= 4 is 5.82 Å². The molecule has 1 aliphatic rings. The van der Waals surface area contributed by atoms with Crippen molar-refractivity contribution in [3.05, 3.63) is 34.0 Å². The van der Waals surface area contributed by atoms with Gasteiger partial charge in [0.25, 0.3) is 5.56 Å². The fourth-order valence-corrected chi connectivity index (χ4v) is 2.82. The van der Waals surface area contributed by atoms with Gasteiger partial charge in [-0.25, -0.2) is 9.97 Å². The average molecular weight is 289 g/mol. The summed E-state index contributed by atoms with van der Waals surface area (Å²) in [6, 6.07) is 1.80. The zero-order valence-electron chi connectivity index (χ0n) is 12.5. The zero-order valence-corrected chi connectivity index (χ0v) is 12.5. The van der Waals surface area contributed by atoms with E-state index >= 15 is 0 Å². The monoisotopic (exact) mass is 289 g/mol. The summed E-state index contributed by atoms with van der Waals surface area (Å²) in [5.41, 5.74) is 2.04. The summed E-state index contributed by atoms with van der Waals surface area (Å²) in [5, 5.41) is 0. The van der Waals surface area contributed by atoms with Crippen LogP contribution in [0.15, 0.2) is 17.2 Å². The maximum atomic E-state index is 12.3. The molecule has 0 atom stereocenters. The number of hydrogen-bond acceptors (Lipinski definition) is 5. The third kappa shape index (κ3) is 2.28. The quantitative estimate of drug-likeness (QED) is 0.804. The fraction of sp³-hybridized carbons (Fsp3) is 0.500. The molecule has 7 heteroatoms. The van der Waals surface area contributed by atoms with E-state index in [0.29, 0.717) is 12.4 Å². The SMILES string of the molecule is COc1cc(N2CCCc3c(c(=O)n(C)n3C)C2)ncn1. The van der Waals surface area contributed by atoms with Gasteiger partial charge in [-0.05, 0) is 12.8 Å². The van der Waals surface area contributed by atoms with Crippen LogP contribution in [0.3, 0.4) is 0 Å². The van der Waals surface area contributed by atoms with Crippen molar-refractivity contribution in [3.8, 4) is 5.88 Å². The minimum atomic E-state index is 0.0698. The number of ether oxygens (including phenoxy) is 1. The second-order valence-electron chi connectivity index (χ2n) is 5.22. The number of fused-ring (bicyclic) bond motifs is 1. The lowest BCUT2D eigenvalue weighted by Crippen LogP contribution is -2.27. The lowest BCUT2D eigenvalue weighted by atomic mass is 10.2. The maximum absolute atomic E-state index is 12.3. The molecule has 2 aromatic heterocycles. The van der Waals surface area contributed by atoms with Gasteiger partial charge in [-0.15, -0.1) is 0 Å². The summed E-state index contributed by atoms with van der Waals surface area (Å²) in [5.74, 6) is 1.33. The fourth-order valence-electron chi connectivity index (χ4n) is 2.82. The van der Waals surface area contributed by atoms with Crippen molar-refractivity contribution in [2.24, 2.45) is 14.1 Å². The molecule has 0 radical (unpaired) electrons. The molecule has 3 rings (SSSR count). The van der Waals surface area contributed by atoms with Crippen molar-refractivity contribution in [1.82, 2.24) is 19.3 Å². The van der Waals surface area contributed by atoms with Crippen LogP contribution in [0.5, 0.6) is 5.88 Å². The van der Waals surface area contributed by atoms with Crippen molar-refractivity contribution in [2.75, 3.05) is 18.6 Å². The molecule has 112 valence electrons. The van der Waals surface area contributed by atoms with Gasteiger partial charge in [-0.3, -0.25) is 14.2 Å². The first-order chi connectivity index (χ1) is 10.1. The minimum absolute atomic E-state index is 0.0698. The average Bonchev–Trinajstić information content (AvgIpc) is 2.70. The Labute approximate surface area is 122 Å². The van der Waals surface area contributed by atoms with Crippen molar-refractivity contribution in [2.45, 2.75) is 19.4 Å². The Morgan fingerprint density at radius 1 is 1.24 bits per heavy atom. The molecule has 0 saturated heterocycles. The molecule has 0 N–H and O–H groups in total. The Bertz CT molecular complexity index is 719. The maximum Gasteiger partial charge on any atom is 0.271 e. The van der Waals surface area contributed by atoms with Gasteiger partial charge in [0.05, 0.1) is 19.2 Å². The summed E-state index contributed by atoms with van der Waals surface area (Å²) in [6.45, 7) is 1.43. The Morgan fingerprint density at radius 2 is 2.05 bits per heavy atom. The number of nitrogens with zero attached hydrogens (tertiary/aromatic N) is 5. The third-order valence-corrected chi connectivity index (χ3v) is 4.09. The van der Waals surface area contributed by atoms with Gasteiger partial charge in [0.1, 0.15) is 12.1 Å². The highest BCUT2D eigenvalue weighted by atomic mass is 16.5. The number of anilines is 1. The molecule has 0 aliphatic carbocycles. The molecule has 21 heavy (non-hydrogen) atoms. The molecule has 0 spiro atoms. The first kappa shape index (κ1) is 13.7. The summed E-state index contributed by atoms with van der Waals surface area (Å²) < 4.78 is 8.75. The molecule has 3 heterocycles. The first-order valence-corrected chi connectivity index (χ1v) is 6.96. The van der Waals surface area contributed by atoms with E-state index in [-0.39, 0.29) is 5.56 Å². The second-order valence-corrected chi connectivity index (χ2v) is 5.22. The normalized spacial score (nSPS) is 14.7. The van der Waals surface area contributed by atoms with E-state index in [2.05, 4.69) is 14.9 Å². The lowest BCUT2D eigenvalue weighted by molar-refractivity contribution is 0.396. The topological polar surface area (TPSA) is 65.2 Å². The van der Waals surface area contributed by atoms with Gasteiger partial charge >= 0.3 is 0 Å². The molecule has 0 fully saturated rings. The largest absolute Gasteiger partial charge is 0.481 e. The molecular weight excluding hydrogens is 270 g/mol. The van der Waals surface area contributed by atoms with Crippen LogP contribution in [0.25, 0.3) is 0 Å². The first-order valence-electron chi connectivity index (χ1n) is 6.96. The van der Waals surface area contributed by atoms with Gasteiger partial charge in [0.15, 0.2) is 0 Å². The van der Waals surface area contributed by atoms with E-state index in [1.165, 1.54) is 6.33 Å². The number of aromatic nitrogens is 4. The lowest BCUT2D eigenvalue weighted by Gasteiger charge is -2.21. The Hall–Kier alpha value is -2.31. The summed E-state index contributed by atoms with van der Waals surface area (Å²) in [6.07, 6.45) is 3.38. The highest BCUT2D eigenvalue weighted by Gasteiger charge is 2.23. The van der Waals surface area contributed by atoms with Gasteiger partial charge < -0.3 is 9.64 Å². The van der Waals surface area contributed by atoms with E-state index in [4.69, 9.17) is 4.74 Å². The smallest absolute Gasteiger partial charge is 0.271 e. The van der Waals surface area contributed by atoms with Crippen LogP contribution in [-0.2, 0) is 27.1 Å². The van der Waals surface area contributed by atoms with Crippen molar-refractivity contribution < 1.29 is 4.74 Å². The summed E-state index contributed by atoms with van der Waals surface area (Å²) in [7, 11) is 5.32. The molecule has 2 aromatic rings. The number of hydrogen-bond donors (Lipinski definition) is 0. The highest BCUT2D eigenvalue weighted by Crippen LogP contribution is 2.22. The predicted molar refractivity (Wildman–Crippen MR) is 78.6 cm³/mol. The third-order valence-electron chi connectivity index (χ3n) is 4.09. The van der Waals surface area contributed by atoms with E-state index in [1.54, 1.807) is 24.9 Å². The van der Waals surface area contributed by atoms with Crippen LogP contribution in [0.4, 0.5) is 5.82 Å². The Kier molecular flexibility index (Phi) is 3.40. The van der Waals surface area contributed by atoms with Crippen LogP contribution < -0.4 is 15.2 Å². The predicted octanol–water partition coefficient (Wildman–Crippen LogP) is 0.475. The summed E-state index contributed by atoms with van der Waals surface area (Å²) >= 11 is 0. The zero-order chi connectivity index (χ0) is 15.0. The van der Waals surface area contributed by atoms with E-state index in [0.717, 1.165) is 36.5 Å². The van der Waals surface area contributed by atoms with Crippen LogP contribution in [0, 0.1) is 0 Å². The Morgan fingerprint density at radius 3 is 2.81 bits per heavy atom. The highest BCUT2D eigenvalue weighted by molar-refractivity contribution is 5.43. The Balaban J connectivity index is 1.99. The molecule has 1 aliphatic heterocycles. The van der Waals surface area contributed by atoms with Gasteiger partial charge in [0.2, 0.25) is 5.88 Å². The molecule has 0 amide bonds. The van der Waals surface area contributed by atoms with E-state index in [9.17, 15) is 4.79 Å². The second kappa shape index (κ2) is 5.23. The standard InChI is InChI=1S/C14H19N5O2/c1-17-11-5-4-6-19(8-10(11)14(20)18(17)2)12-7-13(21-3)16-9-15-12/h7,9H,4-6,8H2,1-3H3. The van der Waals surface area contributed by atoms with Gasteiger partial charge in [0, 0.05) is 32.4 Å². The number of methoxy groups -OCH3 is 1. The van der Waals surface area contributed by atoms with Crippen LogP contribution in [0.1, 0.15) is 17.7 Å². The molecule has 0 unspecified atom stereocenters. The molecule has 7 nitrogen and oxygen atoms in total. The van der Waals surface area contributed by atoms with Crippen molar-refractivity contribution in [3.63, 3.8) is 0 Å². The van der Waals surface area contributed by atoms with E-state index in [1.807, 2.05) is 11.7 Å².